The highest BCUT2D eigenvalue weighted by molar-refractivity contribution is 7.52. The normalized spacial score (nSPS) is 17.2. The van der Waals surface area contributed by atoms with E-state index < -0.39 is 25.4 Å². The van der Waals surface area contributed by atoms with Crippen LogP contribution in [0.15, 0.2) is 24.3 Å². The van der Waals surface area contributed by atoms with Gasteiger partial charge in [0.2, 0.25) is 17.7 Å². The zero-order valence-corrected chi connectivity index (χ0v) is 36.1. The highest BCUT2D eigenvalue weighted by Crippen LogP contribution is 2.46. The van der Waals surface area contributed by atoms with Crippen LogP contribution in [-0.4, -0.2) is 153 Å². The van der Waals surface area contributed by atoms with Gasteiger partial charge >= 0.3 is 0 Å². The van der Waals surface area contributed by atoms with Crippen LogP contribution in [0.25, 0.3) is 0 Å². The first kappa shape index (κ1) is 51.3. The maximum Gasteiger partial charge on any atom is 0.237 e. The molecule has 1 aromatic carbocycles. The van der Waals surface area contributed by atoms with Crippen molar-refractivity contribution in [2.45, 2.75) is 83.1 Å². The number of hydrogen-bond acceptors (Lipinski definition) is 14. The van der Waals surface area contributed by atoms with Gasteiger partial charge in [0, 0.05) is 65.6 Å². The van der Waals surface area contributed by atoms with Crippen molar-refractivity contribution in [3.8, 4) is 0 Å². The topological polar surface area (TPSA) is 212 Å². The number of rotatable bonds is 33. The van der Waals surface area contributed by atoms with Gasteiger partial charge in [0.05, 0.1) is 78.1 Å². The molecule has 1 saturated carbocycles. The second-order valence-electron chi connectivity index (χ2n) is 14.5. The number of ether oxygens (including phenoxy) is 6. The van der Waals surface area contributed by atoms with E-state index in [-0.39, 0.29) is 88.2 Å². The number of Topliss-reactive ketones (excluding diaryl/α,β-unsaturated/α-hetero) is 1. The fourth-order valence-corrected chi connectivity index (χ4v) is 6.92. The smallest absolute Gasteiger partial charge is 0.237 e. The van der Waals surface area contributed by atoms with Crippen LogP contribution in [0, 0.1) is 5.92 Å². The van der Waals surface area contributed by atoms with E-state index in [2.05, 4.69) is 16.0 Å². The number of nitrogens with zero attached hydrogens (tertiary/aromatic N) is 1. The Morgan fingerprint density at radius 1 is 0.741 bits per heavy atom. The molecule has 0 radical (unpaired) electrons. The molecule has 1 aliphatic rings. The molecule has 3 amide bonds. The Labute approximate surface area is 344 Å². The fourth-order valence-electron chi connectivity index (χ4n) is 6.05. The Kier molecular flexibility index (Phi) is 26.7. The first-order chi connectivity index (χ1) is 27.9. The number of amides is 3. The highest BCUT2D eigenvalue weighted by Gasteiger charge is 2.31. The van der Waals surface area contributed by atoms with E-state index in [1.165, 1.54) is 0 Å². The minimum absolute atomic E-state index is 0.0960. The Morgan fingerprint density at radius 3 is 1.86 bits per heavy atom. The van der Waals surface area contributed by atoms with Crippen molar-refractivity contribution >= 4 is 31.1 Å². The van der Waals surface area contributed by atoms with Gasteiger partial charge in [0.1, 0.15) is 13.4 Å². The van der Waals surface area contributed by atoms with Crippen LogP contribution in [0.4, 0.5) is 0 Å². The molecule has 0 aliphatic heterocycles. The van der Waals surface area contributed by atoms with Crippen LogP contribution >= 0.6 is 7.60 Å². The minimum atomic E-state index is -3.93. The zero-order chi connectivity index (χ0) is 42.6. The van der Waals surface area contributed by atoms with Crippen LogP contribution in [0.1, 0.15) is 63.5 Å². The average Bonchev–Trinajstić information content (AvgIpc) is 3.20. The van der Waals surface area contributed by atoms with E-state index in [0.29, 0.717) is 78.4 Å². The summed E-state index contributed by atoms with van der Waals surface area (Å²) in [7, 11) is 0.804. The van der Waals surface area contributed by atoms with E-state index in [9.17, 15) is 28.6 Å². The highest BCUT2D eigenvalue weighted by atomic mass is 31.2. The molecule has 58 heavy (non-hydrogen) atoms. The van der Waals surface area contributed by atoms with E-state index >= 15 is 0 Å². The summed E-state index contributed by atoms with van der Waals surface area (Å²) in [6.07, 6.45) is 2.56. The lowest BCUT2D eigenvalue weighted by Gasteiger charge is -2.35. The second kappa shape index (κ2) is 30.2. The third-order valence-electron chi connectivity index (χ3n) is 9.52. The van der Waals surface area contributed by atoms with Crippen molar-refractivity contribution in [2.24, 2.45) is 5.92 Å². The van der Waals surface area contributed by atoms with Gasteiger partial charge in [-0.25, -0.2) is 0 Å². The summed E-state index contributed by atoms with van der Waals surface area (Å²) in [4.78, 5) is 67.1. The van der Waals surface area contributed by atoms with Gasteiger partial charge in [0.25, 0.3) is 0 Å². The van der Waals surface area contributed by atoms with Crippen LogP contribution in [-0.2, 0) is 69.7 Å². The summed E-state index contributed by atoms with van der Waals surface area (Å²) in [6, 6.07) is 6.58. The lowest BCUT2D eigenvalue weighted by atomic mass is 9.87. The van der Waals surface area contributed by atoms with Crippen LogP contribution in [0.2, 0.25) is 0 Å². The monoisotopic (exact) mass is 843 g/mol. The molecule has 3 N–H and O–H groups in total. The average molecular weight is 844 g/mol. The molecule has 17 nitrogen and oxygen atoms in total. The lowest BCUT2D eigenvalue weighted by Crippen LogP contribution is -2.53. The van der Waals surface area contributed by atoms with Gasteiger partial charge in [-0.2, -0.15) is 0 Å². The van der Waals surface area contributed by atoms with E-state index in [1.807, 2.05) is 24.3 Å². The number of methoxy groups -OCH3 is 3. The molecular formula is C40H68N4O13P-. The Bertz CT molecular complexity index is 1330. The Hall–Kier alpha value is -2.83. The summed E-state index contributed by atoms with van der Waals surface area (Å²) < 4.78 is 49.0. The number of carbonyl (C=O) groups is 4. The van der Waals surface area contributed by atoms with Crippen LogP contribution < -0.4 is 20.8 Å². The molecule has 1 fully saturated rings. The molecule has 18 heteroatoms. The summed E-state index contributed by atoms with van der Waals surface area (Å²) in [6.45, 7) is 6.96. The first-order valence-electron chi connectivity index (χ1n) is 20.2. The van der Waals surface area contributed by atoms with E-state index in [4.69, 9.17) is 32.9 Å². The molecule has 1 aromatic rings. The quantitative estimate of drug-likeness (QED) is 0.0679. The molecule has 0 saturated heterocycles. The molecule has 0 bridgehead atoms. The number of nitrogens with one attached hydrogen (secondary N) is 3. The van der Waals surface area contributed by atoms with Crippen molar-refractivity contribution in [3.05, 3.63) is 35.4 Å². The van der Waals surface area contributed by atoms with Crippen LogP contribution in [0.5, 0.6) is 0 Å². The largest absolute Gasteiger partial charge is 0.778 e. The summed E-state index contributed by atoms with van der Waals surface area (Å²) in [5.41, 5.74) is 1.04. The van der Waals surface area contributed by atoms with Gasteiger partial charge in [-0.3, -0.25) is 24.1 Å². The lowest BCUT2D eigenvalue weighted by molar-refractivity contribution is -0.205. The molecule has 2 atom stereocenters. The Morgan fingerprint density at radius 2 is 1.29 bits per heavy atom. The van der Waals surface area contributed by atoms with E-state index in [0.717, 1.165) is 11.1 Å². The Balaban J connectivity index is 2.13. The van der Waals surface area contributed by atoms with Crippen LogP contribution in [0.3, 0.4) is 0 Å². The molecular weight excluding hydrogens is 775 g/mol. The maximum atomic E-state index is 13.9. The standard InChI is InChI=1S/C40H69N4O13P/c1-31(2)58(49,50)57-36-14-12-34(13-15-36)39(47)43-28-33-10-8-32(9-11-33)27-37(40(48)42-17-20-56-26-23-53-5)44(29-35(45)7-6-18-54-24-21-51-3)30-38(46)41-16-19-55-25-22-52-4/h8-11,31,34,36-37H,6-7,12-30H2,1-5H3,(H,41,46)(H,42,48)(H,43,47)(H,49,50)/p-1/t34?,36?,37-/m0/s1. The first-order valence-corrected chi connectivity index (χ1v) is 21.9. The van der Waals surface area contributed by atoms with Gasteiger partial charge in [-0.15, -0.1) is 0 Å². The summed E-state index contributed by atoms with van der Waals surface area (Å²) in [5, 5.41) is 8.72. The molecule has 0 aromatic heterocycles. The predicted molar refractivity (Wildman–Crippen MR) is 215 cm³/mol. The maximum absolute atomic E-state index is 13.9. The summed E-state index contributed by atoms with van der Waals surface area (Å²) in [5.74, 6) is -1.19. The molecule has 332 valence electrons. The fraction of sp³-hybridized carbons (Fsp3) is 0.750. The van der Waals surface area contributed by atoms with Crippen molar-refractivity contribution in [1.82, 2.24) is 20.9 Å². The van der Waals surface area contributed by atoms with Gasteiger partial charge in [-0.1, -0.05) is 38.1 Å². The van der Waals surface area contributed by atoms with Crippen molar-refractivity contribution < 1.29 is 61.6 Å². The van der Waals surface area contributed by atoms with Gasteiger partial charge in [0.15, 0.2) is 0 Å². The number of ketones is 1. The van der Waals surface area contributed by atoms with Crippen molar-refractivity contribution in [1.29, 1.82) is 0 Å². The minimum Gasteiger partial charge on any atom is -0.778 e. The number of benzene rings is 1. The third-order valence-corrected chi connectivity index (χ3v) is 11.4. The predicted octanol–water partition coefficient (Wildman–Crippen LogP) is 1.62. The molecule has 1 unspecified atom stereocenters. The summed E-state index contributed by atoms with van der Waals surface area (Å²) >= 11 is 0. The third kappa shape index (κ3) is 22.0. The van der Waals surface area contributed by atoms with Crippen molar-refractivity contribution in [2.75, 3.05) is 107 Å². The van der Waals surface area contributed by atoms with E-state index in [1.54, 1.807) is 40.1 Å². The van der Waals surface area contributed by atoms with Gasteiger partial charge < -0.3 is 58.4 Å². The molecule has 2 rings (SSSR count). The molecule has 0 spiro atoms. The molecule has 1 aliphatic carbocycles. The van der Waals surface area contributed by atoms with Crippen molar-refractivity contribution in [3.63, 3.8) is 0 Å². The van der Waals surface area contributed by atoms with Gasteiger partial charge in [-0.05, 0) is 49.7 Å². The number of carbonyl (C=O) groups excluding carboxylic acids is 4. The molecule has 0 heterocycles. The number of hydrogen-bond donors (Lipinski definition) is 3. The zero-order valence-electron chi connectivity index (χ0n) is 35.2. The second-order valence-corrected chi connectivity index (χ2v) is 16.8. The SMILES string of the molecule is COCCOCCCC(=O)CN(CC(=O)NCCOCCOC)[C@@H](Cc1ccc(CNC(=O)C2CCC(OP(=O)([O-])C(C)C)CC2)cc1)C(=O)NCCOCCOC.